The van der Waals surface area contributed by atoms with E-state index in [-0.39, 0.29) is 22.3 Å². The van der Waals surface area contributed by atoms with E-state index in [2.05, 4.69) is 20.2 Å². The Balaban J connectivity index is 1.59. The number of fused-ring (bicyclic) bond motifs is 1. The van der Waals surface area contributed by atoms with Gasteiger partial charge in [-0.25, -0.2) is 4.98 Å². The number of nitrogens with one attached hydrogen (secondary N) is 2. The van der Waals surface area contributed by atoms with Gasteiger partial charge in [-0.15, -0.1) is 0 Å². The van der Waals surface area contributed by atoms with Crippen molar-refractivity contribution in [2.75, 3.05) is 5.75 Å². The number of carbonyl (C=O) groups is 1. The highest BCUT2D eigenvalue weighted by Gasteiger charge is 2.30. The SMILES string of the molecule is Cc1cc(C(=O)CSc2nc3[nH]ncc3c(=O)[nH]2)c(C)n1-c1cccc(C(F)(F)F)c1. The Kier molecular flexibility index (Phi) is 5.21. The summed E-state index contributed by atoms with van der Waals surface area (Å²) in [6.07, 6.45) is -3.09. The fourth-order valence-electron chi connectivity index (χ4n) is 3.37. The first kappa shape index (κ1) is 20.9. The molecule has 4 rings (SSSR count). The van der Waals surface area contributed by atoms with Gasteiger partial charge < -0.3 is 9.55 Å². The summed E-state index contributed by atoms with van der Waals surface area (Å²) in [5.41, 5.74) is 1.09. The van der Waals surface area contributed by atoms with Gasteiger partial charge in [0.25, 0.3) is 5.56 Å². The summed E-state index contributed by atoms with van der Waals surface area (Å²) >= 11 is 1.06. The average molecular weight is 447 g/mol. The maximum atomic E-state index is 13.1. The first-order valence-electron chi connectivity index (χ1n) is 9.11. The molecular weight excluding hydrogens is 431 g/mol. The lowest BCUT2D eigenvalue weighted by molar-refractivity contribution is -0.137. The number of H-pyrrole nitrogens is 2. The van der Waals surface area contributed by atoms with E-state index >= 15 is 0 Å². The maximum Gasteiger partial charge on any atom is 0.416 e. The van der Waals surface area contributed by atoms with Gasteiger partial charge in [-0.2, -0.15) is 18.3 Å². The van der Waals surface area contributed by atoms with Crippen molar-refractivity contribution in [3.05, 3.63) is 69.4 Å². The van der Waals surface area contributed by atoms with Crippen LogP contribution in [0.5, 0.6) is 0 Å². The summed E-state index contributed by atoms with van der Waals surface area (Å²) in [4.78, 5) is 31.6. The van der Waals surface area contributed by atoms with Crippen molar-refractivity contribution < 1.29 is 18.0 Å². The highest BCUT2D eigenvalue weighted by atomic mass is 32.2. The molecule has 0 atom stereocenters. The number of carbonyl (C=O) groups excluding carboxylic acids is 1. The molecular formula is C20H16F3N5O2S. The van der Waals surface area contributed by atoms with Crippen LogP contribution in [-0.4, -0.2) is 36.3 Å². The van der Waals surface area contributed by atoms with Crippen LogP contribution in [0.3, 0.4) is 0 Å². The number of Topliss-reactive ketones (excluding diaryl/α,β-unsaturated/α-hetero) is 1. The van der Waals surface area contributed by atoms with Crippen LogP contribution in [0.15, 0.2) is 46.5 Å². The third-order valence-electron chi connectivity index (χ3n) is 4.80. The molecule has 0 unspecified atom stereocenters. The monoisotopic (exact) mass is 447 g/mol. The molecule has 0 saturated carbocycles. The molecule has 0 aliphatic rings. The van der Waals surface area contributed by atoms with Crippen LogP contribution in [0.1, 0.15) is 27.3 Å². The summed E-state index contributed by atoms with van der Waals surface area (Å²) < 4.78 is 40.9. The Labute approximate surface area is 177 Å². The van der Waals surface area contributed by atoms with Crippen LogP contribution in [0.2, 0.25) is 0 Å². The normalized spacial score (nSPS) is 11.9. The topological polar surface area (TPSA) is 96.4 Å². The minimum atomic E-state index is -4.46. The quantitative estimate of drug-likeness (QED) is 0.273. The summed E-state index contributed by atoms with van der Waals surface area (Å²) in [6, 6.07) is 6.60. The van der Waals surface area contributed by atoms with Gasteiger partial charge in [-0.3, -0.25) is 14.7 Å². The predicted octanol–water partition coefficient (Wildman–Crippen LogP) is 4.05. The number of ketones is 1. The molecule has 0 aliphatic heterocycles. The minimum absolute atomic E-state index is 0.00450. The molecule has 0 fully saturated rings. The number of rotatable bonds is 5. The lowest BCUT2D eigenvalue weighted by atomic mass is 10.1. The fraction of sp³-hybridized carbons (Fsp3) is 0.200. The molecule has 0 spiro atoms. The molecule has 0 aliphatic carbocycles. The van der Waals surface area contributed by atoms with Crippen LogP contribution < -0.4 is 5.56 Å². The Hall–Kier alpha value is -3.34. The lowest BCUT2D eigenvalue weighted by Crippen LogP contribution is -2.10. The van der Waals surface area contributed by atoms with Crippen LogP contribution >= 0.6 is 11.8 Å². The fourth-order valence-corrected chi connectivity index (χ4v) is 4.11. The van der Waals surface area contributed by atoms with Crippen LogP contribution in [0, 0.1) is 13.8 Å². The van der Waals surface area contributed by atoms with E-state index < -0.39 is 11.7 Å². The molecule has 0 amide bonds. The number of nitrogens with zero attached hydrogens (tertiary/aromatic N) is 3. The van der Waals surface area contributed by atoms with Crippen molar-refractivity contribution in [3.8, 4) is 5.69 Å². The molecule has 2 N–H and O–H groups in total. The zero-order valence-corrected chi connectivity index (χ0v) is 17.2. The van der Waals surface area contributed by atoms with E-state index in [1.54, 1.807) is 30.5 Å². The van der Waals surface area contributed by atoms with Crippen LogP contribution in [-0.2, 0) is 6.18 Å². The van der Waals surface area contributed by atoms with Gasteiger partial charge in [0, 0.05) is 22.6 Å². The van der Waals surface area contributed by atoms with Crippen LogP contribution in [0.25, 0.3) is 16.7 Å². The summed E-state index contributed by atoms with van der Waals surface area (Å²) in [6.45, 7) is 3.41. The number of hydrogen-bond acceptors (Lipinski definition) is 5. The van der Waals surface area contributed by atoms with Gasteiger partial charge in [0.1, 0.15) is 5.39 Å². The molecule has 3 heterocycles. The molecule has 0 radical (unpaired) electrons. The Morgan fingerprint density at radius 3 is 2.74 bits per heavy atom. The number of aromatic nitrogens is 5. The van der Waals surface area contributed by atoms with Crippen molar-refractivity contribution in [2.24, 2.45) is 0 Å². The highest BCUT2D eigenvalue weighted by Crippen LogP contribution is 2.31. The lowest BCUT2D eigenvalue weighted by Gasteiger charge is -2.13. The Bertz CT molecular complexity index is 1350. The standard InChI is InChI=1S/C20H16F3N5O2S/c1-10-6-14(11(2)28(10)13-5-3-4-12(7-13)20(21,22)23)16(29)9-31-19-25-17-15(8-24-27-17)18(30)26-19/h3-8H,9H2,1-2H3,(H2,24,25,26,27,30). The van der Waals surface area contributed by atoms with Gasteiger partial charge in [0.2, 0.25) is 0 Å². The van der Waals surface area contributed by atoms with Gasteiger partial charge in [-0.1, -0.05) is 17.8 Å². The summed E-state index contributed by atoms with van der Waals surface area (Å²) in [7, 11) is 0. The molecule has 11 heteroatoms. The smallest absolute Gasteiger partial charge is 0.318 e. The maximum absolute atomic E-state index is 13.1. The Morgan fingerprint density at radius 1 is 1.23 bits per heavy atom. The number of thioether (sulfide) groups is 1. The largest absolute Gasteiger partial charge is 0.416 e. The molecule has 0 saturated heterocycles. The molecule has 4 aromatic rings. The van der Waals surface area contributed by atoms with Crippen molar-refractivity contribution in [2.45, 2.75) is 25.2 Å². The van der Waals surface area contributed by atoms with Gasteiger partial charge in [0.15, 0.2) is 16.6 Å². The zero-order chi connectivity index (χ0) is 22.3. The molecule has 0 bridgehead atoms. The first-order valence-corrected chi connectivity index (χ1v) is 10.1. The van der Waals surface area contributed by atoms with Crippen LogP contribution in [0.4, 0.5) is 13.2 Å². The summed E-state index contributed by atoms with van der Waals surface area (Å²) in [5.74, 6) is -0.237. The van der Waals surface area contributed by atoms with Crippen molar-refractivity contribution in [1.29, 1.82) is 0 Å². The van der Waals surface area contributed by atoms with Gasteiger partial charge in [0.05, 0.1) is 17.5 Å². The number of aromatic amines is 2. The molecule has 160 valence electrons. The molecule has 31 heavy (non-hydrogen) atoms. The van der Waals surface area contributed by atoms with E-state index in [0.29, 0.717) is 33.7 Å². The number of halogens is 3. The van der Waals surface area contributed by atoms with E-state index in [1.165, 1.54) is 12.3 Å². The number of alkyl halides is 3. The van der Waals surface area contributed by atoms with Gasteiger partial charge in [-0.05, 0) is 38.1 Å². The second kappa shape index (κ2) is 7.73. The second-order valence-electron chi connectivity index (χ2n) is 6.88. The summed E-state index contributed by atoms with van der Waals surface area (Å²) in [5, 5.41) is 6.96. The molecule has 7 nitrogen and oxygen atoms in total. The highest BCUT2D eigenvalue weighted by molar-refractivity contribution is 7.99. The first-order chi connectivity index (χ1) is 14.6. The third kappa shape index (κ3) is 4.00. The second-order valence-corrected chi connectivity index (χ2v) is 7.85. The third-order valence-corrected chi connectivity index (χ3v) is 5.67. The van der Waals surface area contributed by atoms with E-state index in [9.17, 15) is 22.8 Å². The minimum Gasteiger partial charge on any atom is -0.318 e. The number of hydrogen-bond donors (Lipinski definition) is 2. The average Bonchev–Trinajstić information content (AvgIpc) is 3.30. The predicted molar refractivity (Wildman–Crippen MR) is 110 cm³/mol. The van der Waals surface area contributed by atoms with E-state index in [1.807, 2.05) is 0 Å². The zero-order valence-electron chi connectivity index (χ0n) is 16.4. The van der Waals surface area contributed by atoms with Crippen molar-refractivity contribution in [3.63, 3.8) is 0 Å². The molecule has 3 aromatic heterocycles. The number of benzene rings is 1. The van der Waals surface area contributed by atoms with Crippen molar-refractivity contribution in [1.82, 2.24) is 24.7 Å². The Morgan fingerprint density at radius 2 is 2.00 bits per heavy atom. The number of aryl methyl sites for hydroxylation is 1. The van der Waals surface area contributed by atoms with Crippen molar-refractivity contribution >= 4 is 28.6 Å². The van der Waals surface area contributed by atoms with E-state index in [4.69, 9.17) is 0 Å². The van der Waals surface area contributed by atoms with E-state index in [0.717, 1.165) is 23.9 Å². The molecule has 1 aromatic carbocycles. The van der Waals surface area contributed by atoms with Gasteiger partial charge >= 0.3 is 6.18 Å².